The molecule has 1 aromatic carbocycles. The minimum atomic E-state index is -0.863. The highest BCUT2D eigenvalue weighted by Gasteiger charge is 2.34. The van der Waals surface area contributed by atoms with Gasteiger partial charge >= 0.3 is 5.97 Å². The minimum absolute atomic E-state index is 0.245. The summed E-state index contributed by atoms with van der Waals surface area (Å²) < 4.78 is 3.20. The van der Waals surface area contributed by atoms with Crippen LogP contribution in [-0.2, 0) is 16.6 Å². The maximum Gasteiger partial charge on any atom is 0.306 e. The Kier molecular flexibility index (Phi) is 4.48. The third-order valence-corrected chi connectivity index (χ3v) is 4.96. The van der Waals surface area contributed by atoms with Crippen LogP contribution in [0.4, 0.5) is 5.69 Å². The van der Waals surface area contributed by atoms with Gasteiger partial charge in [0.1, 0.15) is 5.69 Å². The normalized spacial score (nSPS) is 19.8. The van der Waals surface area contributed by atoms with Crippen molar-refractivity contribution in [1.82, 2.24) is 9.36 Å². The molecule has 0 saturated heterocycles. The molecule has 0 radical (unpaired) electrons. The van der Waals surface area contributed by atoms with Crippen LogP contribution < -0.4 is 10.9 Å². The van der Waals surface area contributed by atoms with Gasteiger partial charge in [0.25, 0.3) is 5.56 Å². The Labute approximate surface area is 144 Å². The van der Waals surface area contributed by atoms with Crippen LogP contribution in [-0.4, -0.2) is 26.3 Å². The number of para-hydroxylation sites is 1. The zero-order valence-corrected chi connectivity index (χ0v) is 14.2. The molecule has 25 heavy (non-hydrogen) atoms. The van der Waals surface area contributed by atoms with Crippen molar-refractivity contribution in [1.29, 1.82) is 0 Å². The molecule has 1 aliphatic carbocycles. The molecule has 1 aliphatic rings. The number of anilines is 1. The first-order chi connectivity index (χ1) is 11.9. The molecule has 1 amide bonds. The van der Waals surface area contributed by atoms with Gasteiger partial charge in [0, 0.05) is 13.0 Å². The lowest BCUT2D eigenvalue weighted by Crippen LogP contribution is -2.26. The summed E-state index contributed by atoms with van der Waals surface area (Å²) in [6.07, 6.45) is 1.34. The van der Waals surface area contributed by atoms with Crippen molar-refractivity contribution in [2.24, 2.45) is 18.9 Å². The standard InChI is InChI=1S/C18H21N3O4/c1-11-15(19-16(22)12-8-9-13(10-12)18(24)25)17(23)21(20(11)2)14-6-4-3-5-7-14/h3-7,12-13H,8-10H2,1-2H3,(H,19,22)(H,24,25)/t12-,13+/m0/s1. The average Bonchev–Trinajstić information content (AvgIpc) is 3.16. The Balaban J connectivity index is 1.86. The van der Waals surface area contributed by atoms with Gasteiger partial charge in [0.2, 0.25) is 5.91 Å². The molecule has 1 aromatic heterocycles. The van der Waals surface area contributed by atoms with Crippen LogP contribution in [0.2, 0.25) is 0 Å². The van der Waals surface area contributed by atoms with Crippen LogP contribution in [0, 0.1) is 18.8 Å². The number of nitrogens with one attached hydrogen (secondary N) is 1. The highest BCUT2D eigenvalue weighted by Crippen LogP contribution is 2.32. The van der Waals surface area contributed by atoms with Gasteiger partial charge in [-0.05, 0) is 38.3 Å². The third kappa shape index (κ3) is 3.09. The van der Waals surface area contributed by atoms with E-state index < -0.39 is 11.9 Å². The van der Waals surface area contributed by atoms with Crippen molar-refractivity contribution < 1.29 is 14.7 Å². The van der Waals surface area contributed by atoms with Crippen LogP contribution in [0.25, 0.3) is 5.69 Å². The Hall–Kier alpha value is -2.83. The van der Waals surface area contributed by atoms with Crippen LogP contribution in [0.5, 0.6) is 0 Å². The molecule has 0 bridgehead atoms. The molecule has 2 atom stereocenters. The summed E-state index contributed by atoms with van der Waals surface area (Å²) in [5, 5.41) is 11.8. The number of aromatic nitrogens is 2. The van der Waals surface area contributed by atoms with Gasteiger partial charge in [-0.1, -0.05) is 18.2 Å². The van der Waals surface area contributed by atoms with Gasteiger partial charge in [0.15, 0.2) is 0 Å². The van der Waals surface area contributed by atoms with Crippen molar-refractivity contribution in [3.63, 3.8) is 0 Å². The fraction of sp³-hybridized carbons (Fsp3) is 0.389. The molecule has 3 rings (SSSR count). The number of carboxylic acids is 1. The predicted molar refractivity (Wildman–Crippen MR) is 92.8 cm³/mol. The lowest BCUT2D eigenvalue weighted by molar-refractivity contribution is -0.141. The monoisotopic (exact) mass is 343 g/mol. The van der Waals surface area contributed by atoms with Crippen molar-refractivity contribution in [2.45, 2.75) is 26.2 Å². The number of hydrogen-bond acceptors (Lipinski definition) is 3. The van der Waals surface area contributed by atoms with Crippen LogP contribution in [0.15, 0.2) is 35.1 Å². The van der Waals surface area contributed by atoms with E-state index >= 15 is 0 Å². The van der Waals surface area contributed by atoms with E-state index in [0.29, 0.717) is 30.6 Å². The average molecular weight is 343 g/mol. The highest BCUT2D eigenvalue weighted by atomic mass is 16.4. The van der Waals surface area contributed by atoms with E-state index in [-0.39, 0.29) is 23.1 Å². The van der Waals surface area contributed by atoms with Crippen LogP contribution in [0.3, 0.4) is 0 Å². The number of nitrogens with zero attached hydrogens (tertiary/aromatic N) is 2. The summed E-state index contributed by atoms with van der Waals surface area (Å²) in [4.78, 5) is 36.3. The first-order valence-electron chi connectivity index (χ1n) is 8.28. The molecule has 1 saturated carbocycles. The molecule has 7 nitrogen and oxygen atoms in total. The van der Waals surface area contributed by atoms with Gasteiger partial charge in [-0.3, -0.25) is 19.1 Å². The number of rotatable bonds is 4. The second-order valence-electron chi connectivity index (χ2n) is 6.47. The van der Waals surface area contributed by atoms with Crippen LogP contribution >= 0.6 is 0 Å². The molecule has 2 aromatic rings. The van der Waals surface area contributed by atoms with E-state index in [1.54, 1.807) is 18.7 Å². The fourth-order valence-corrected chi connectivity index (χ4v) is 3.38. The second kappa shape index (κ2) is 6.58. The molecule has 7 heteroatoms. The quantitative estimate of drug-likeness (QED) is 0.887. The number of amides is 1. The second-order valence-corrected chi connectivity index (χ2v) is 6.47. The molecule has 2 N–H and O–H groups in total. The zero-order chi connectivity index (χ0) is 18.1. The Bertz CT molecular complexity index is 866. The highest BCUT2D eigenvalue weighted by molar-refractivity contribution is 5.93. The Morgan fingerprint density at radius 3 is 2.40 bits per heavy atom. The fourth-order valence-electron chi connectivity index (χ4n) is 3.38. The third-order valence-electron chi connectivity index (χ3n) is 4.96. The van der Waals surface area contributed by atoms with Gasteiger partial charge in [-0.25, -0.2) is 4.68 Å². The molecular formula is C18H21N3O4. The van der Waals surface area contributed by atoms with E-state index in [4.69, 9.17) is 5.11 Å². The number of hydrogen-bond donors (Lipinski definition) is 2. The lowest BCUT2D eigenvalue weighted by atomic mass is 10.0. The smallest absolute Gasteiger partial charge is 0.306 e. The number of carbonyl (C=O) groups excluding carboxylic acids is 1. The van der Waals surface area contributed by atoms with Crippen LogP contribution in [0.1, 0.15) is 25.0 Å². The topological polar surface area (TPSA) is 93.3 Å². The van der Waals surface area contributed by atoms with Crippen molar-refractivity contribution in [2.75, 3.05) is 5.32 Å². The molecule has 0 unspecified atom stereocenters. The first-order valence-corrected chi connectivity index (χ1v) is 8.28. The molecular weight excluding hydrogens is 322 g/mol. The maximum atomic E-state index is 12.8. The summed E-state index contributed by atoms with van der Waals surface area (Å²) in [5.74, 6) is -1.99. The summed E-state index contributed by atoms with van der Waals surface area (Å²) in [5.41, 5.74) is 1.31. The number of carbonyl (C=O) groups is 2. The number of aliphatic carboxylic acids is 1. The molecule has 1 fully saturated rings. The summed E-state index contributed by atoms with van der Waals surface area (Å²) in [6, 6.07) is 9.19. The predicted octanol–water partition coefficient (Wildman–Crippen LogP) is 1.92. The Morgan fingerprint density at radius 1 is 1.16 bits per heavy atom. The summed E-state index contributed by atoms with van der Waals surface area (Å²) in [7, 11) is 1.76. The van der Waals surface area contributed by atoms with E-state index in [9.17, 15) is 14.4 Å². The van der Waals surface area contributed by atoms with Crippen molar-refractivity contribution >= 4 is 17.6 Å². The maximum absolute atomic E-state index is 12.8. The number of benzene rings is 1. The minimum Gasteiger partial charge on any atom is -0.481 e. The molecule has 1 heterocycles. The van der Waals surface area contributed by atoms with Crippen molar-refractivity contribution in [3.05, 3.63) is 46.4 Å². The van der Waals surface area contributed by atoms with E-state index in [2.05, 4.69) is 5.32 Å². The summed E-state index contributed by atoms with van der Waals surface area (Å²) >= 11 is 0. The SMILES string of the molecule is Cc1c(NC(=O)[C@H]2CC[C@@H](C(=O)O)C2)c(=O)n(-c2ccccc2)n1C. The largest absolute Gasteiger partial charge is 0.481 e. The van der Waals surface area contributed by atoms with E-state index in [1.807, 2.05) is 30.3 Å². The van der Waals surface area contributed by atoms with Crippen molar-refractivity contribution in [3.8, 4) is 5.69 Å². The van der Waals surface area contributed by atoms with E-state index in [0.717, 1.165) is 0 Å². The number of carboxylic acid groups (broad SMARTS) is 1. The van der Waals surface area contributed by atoms with Gasteiger partial charge in [0.05, 0.1) is 17.3 Å². The zero-order valence-electron chi connectivity index (χ0n) is 14.2. The van der Waals surface area contributed by atoms with Gasteiger partial charge in [-0.15, -0.1) is 0 Å². The summed E-state index contributed by atoms with van der Waals surface area (Å²) in [6.45, 7) is 1.77. The van der Waals surface area contributed by atoms with E-state index in [1.165, 1.54) is 4.68 Å². The Morgan fingerprint density at radius 2 is 1.80 bits per heavy atom. The first kappa shape index (κ1) is 17.0. The molecule has 132 valence electrons. The lowest BCUT2D eigenvalue weighted by Gasteiger charge is -2.09. The van der Waals surface area contributed by atoms with Gasteiger partial charge < -0.3 is 10.4 Å². The molecule has 0 spiro atoms. The van der Waals surface area contributed by atoms with Gasteiger partial charge in [-0.2, -0.15) is 0 Å². The molecule has 0 aliphatic heterocycles.